The van der Waals surface area contributed by atoms with Gasteiger partial charge in [0.2, 0.25) is 16.0 Å². The zero-order valence-electron chi connectivity index (χ0n) is 23.7. The van der Waals surface area contributed by atoms with Crippen LogP contribution in [0.3, 0.4) is 0 Å². The maximum absolute atomic E-state index is 11.6. The summed E-state index contributed by atoms with van der Waals surface area (Å²) in [5.74, 6) is 2.41. The molecule has 0 spiro atoms. The number of aromatic nitrogens is 2. The van der Waals surface area contributed by atoms with E-state index in [1.165, 1.54) is 0 Å². The quantitative estimate of drug-likeness (QED) is 0.173. The number of likely N-dealkylation sites (N-methyl/N-ethyl adjacent to an activating group) is 1. The van der Waals surface area contributed by atoms with Gasteiger partial charge in [-0.05, 0) is 67.2 Å². The lowest BCUT2D eigenvalue weighted by atomic mass is 10.1. The minimum Gasteiger partial charge on any atom is -0.495 e. The molecule has 0 atom stereocenters. The molecular formula is C30H36N6O4S. The highest BCUT2D eigenvalue weighted by molar-refractivity contribution is 7.92. The number of sulfonamides is 1. The molecule has 0 unspecified atom stereocenters. The van der Waals surface area contributed by atoms with Crippen molar-refractivity contribution < 1.29 is 17.9 Å². The van der Waals surface area contributed by atoms with Crippen molar-refractivity contribution in [2.24, 2.45) is 0 Å². The van der Waals surface area contributed by atoms with E-state index in [0.717, 1.165) is 54.1 Å². The Morgan fingerprint density at radius 1 is 0.878 bits per heavy atom. The molecule has 41 heavy (non-hydrogen) atoms. The van der Waals surface area contributed by atoms with E-state index in [1.54, 1.807) is 25.4 Å². The topological polar surface area (TPSA) is 118 Å². The molecule has 10 nitrogen and oxygen atoms in total. The van der Waals surface area contributed by atoms with Crippen molar-refractivity contribution in [3.63, 3.8) is 0 Å². The first-order chi connectivity index (χ1) is 19.8. The summed E-state index contributed by atoms with van der Waals surface area (Å²) in [6.45, 7) is 7.80. The second-order valence-electron chi connectivity index (χ2n) is 9.26. The summed E-state index contributed by atoms with van der Waals surface area (Å²) < 4.78 is 37.1. The van der Waals surface area contributed by atoms with Crippen molar-refractivity contribution in [2.75, 3.05) is 55.0 Å². The first-order valence-electron chi connectivity index (χ1n) is 13.4. The summed E-state index contributed by atoms with van der Waals surface area (Å²) in [5, 5.41) is 6.63. The molecule has 0 fully saturated rings. The molecule has 216 valence electrons. The predicted octanol–water partition coefficient (Wildman–Crippen LogP) is 5.73. The molecule has 4 aromatic rings. The van der Waals surface area contributed by atoms with Crippen molar-refractivity contribution in [3.05, 3.63) is 79.0 Å². The second-order valence-corrected chi connectivity index (χ2v) is 11.0. The molecule has 1 heterocycles. The molecule has 0 bridgehead atoms. The van der Waals surface area contributed by atoms with Gasteiger partial charge in [0.05, 0.1) is 19.1 Å². The Balaban J connectivity index is 1.56. The molecule has 1 aromatic heterocycles. The SMILES string of the molecule is CCN(CC)CCOc1ccc(Nc2ncc(-c3ccc(NS(C)(=O)=O)cc3)c(Nc3ccccc3OC)n2)cc1. The van der Waals surface area contributed by atoms with E-state index in [-0.39, 0.29) is 0 Å². The third-order valence-corrected chi connectivity index (χ3v) is 6.94. The summed E-state index contributed by atoms with van der Waals surface area (Å²) in [7, 11) is -1.77. The van der Waals surface area contributed by atoms with Crippen LogP contribution in [-0.2, 0) is 10.0 Å². The molecular weight excluding hydrogens is 540 g/mol. The molecule has 4 rings (SSSR count). The lowest BCUT2D eigenvalue weighted by molar-refractivity contribution is 0.223. The first kappa shape index (κ1) is 29.6. The van der Waals surface area contributed by atoms with E-state index >= 15 is 0 Å². The third kappa shape index (κ3) is 8.57. The van der Waals surface area contributed by atoms with Crippen LogP contribution >= 0.6 is 0 Å². The van der Waals surface area contributed by atoms with Gasteiger partial charge < -0.3 is 25.0 Å². The molecule has 0 aliphatic carbocycles. The Hall–Kier alpha value is -4.35. The molecule has 0 aliphatic rings. The molecule has 0 aliphatic heterocycles. The van der Waals surface area contributed by atoms with Gasteiger partial charge >= 0.3 is 0 Å². The number of anilines is 5. The lowest BCUT2D eigenvalue weighted by Crippen LogP contribution is -2.27. The van der Waals surface area contributed by atoms with Gasteiger partial charge in [-0.2, -0.15) is 4.98 Å². The molecule has 0 saturated heterocycles. The Morgan fingerprint density at radius 2 is 1.56 bits per heavy atom. The summed E-state index contributed by atoms with van der Waals surface area (Å²) in [5.41, 5.74) is 3.55. The van der Waals surface area contributed by atoms with Gasteiger partial charge in [-0.3, -0.25) is 4.72 Å². The van der Waals surface area contributed by atoms with Gasteiger partial charge in [-0.15, -0.1) is 0 Å². The summed E-state index contributed by atoms with van der Waals surface area (Å²) in [4.78, 5) is 11.6. The Morgan fingerprint density at radius 3 is 2.22 bits per heavy atom. The highest BCUT2D eigenvalue weighted by Gasteiger charge is 2.13. The number of nitrogens with zero attached hydrogens (tertiary/aromatic N) is 3. The highest BCUT2D eigenvalue weighted by Crippen LogP contribution is 2.33. The zero-order valence-corrected chi connectivity index (χ0v) is 24.5. The van der Waals surface area contributed by atoms with Gasteiger partial charge in [-0.1, -0.05) is 38.1 Å². The van der Waals surface area contributed by atoms with E-state index in [2.05, 4.69) is 39.1 Å². The van der Waals surface area contributed by atoms with Gasteiger partial charge in [0, 0.05) is 29.7 Å². The fourth-order valence-electron chi connectivity index (χ4n) is 4.15. The maximum Gasteiger partial charge on any atom is 0.229 e. The van der Waals surface area contributed by atoms with Crippen molar-refractivity contribution in [2.45, 2.75) is 13.8 Å². The number of para-hydroxylation sites is 2. The van der Waals surface area contributed by atoms with E-state index < -0.39 is 10.0 Å². The van der Waals surface area contributed by atoms with Crippen molar-refractivity contribution in [3.8, 4) is 22.6 Å². The van der Waals surface area contributed by atoms with E-state index in [1.807, 2.05) is 60.7 Å². The van der Waals surface area contributed by atoms with E-state index in [9.17, 15) is 8.42 Å². The minimum atomic E-state index is -3.38. The minimum absolute atomic E-state index is 0.400. The predicted molar refractivity (Wildman–Crippen MR) is 165 cm³/mol. The van der Waals surface area contributed by atoms with Gasteiger partial charge in [0.25, 0.3) is 0 Å². The average molecular weight is 577 g/mol. The van der Waals surface area contributed by atoms with Crippen LogP contribution < -0.4 is 24.8 Å². The van der Waals surface area contributed by atoms with Crippen molar-refractivity contribution in [1.29, 1.82) is 0 Å². The van der Waals surface area contributed by atoms with Crippen LogP contribution in [0.2, 0.25) is 0 Å². The molecule has 0 saturated carbocycles. The first-order valence-corrected chi connectivity index (χ1v) is 15.2. The summed E-state index contributed by atoms with van der Waals surface area (Å²) in [6.07, 6.45) is 2.83. The van der Waals surface area contributed by atoms with Crippen molar-refractivity contribution >= 4 is 38.9 Å². The van der Waals surface area contributed by atoms with Crippen LogP contribution in [0.15, 0.2) is 79.0 Å². The van der Waals surface area contributed by atoms with Crippen molar-refractivity contribution in [1.82, 2.24) is 14.9 Å². The van der Waals surface area contributed by atoms with Crippen LogP contribution in [0.1, 0.15) is 13.8 Å². The van der Waals surface area contributed by atoms with Crippen LogP contribution in [0.25, 0.3) is 11.1 Å². The lowest BCUT2D eigenvalue weighted by Gasteiger charge is -2.18. The van der Waals surface area contributed by atoms with Gasteiger partial charge in [0.15, 0.2) is 0 Å². The number of ether oxygens (including phenoxy) is 2. The average Bonchev–Trinajstić information content (AvgIpc) is 2.96. The molecule has 11 heteroatoms. The Kier molecular flexibility index (Phi) is 9.99. The molecule has 3 N–H and O–H groups in total. The smallest absolute Gasteiger partial charge is 0.229 e. The third-order valence-electron chi connectivity index (χ3n) is 6.33. The fourth-order valence-corrected chi connectivity index (χ4v) is 4.72. The monoisotopic (exact) mass is 576 g/mol. The zero-order chi connectivity index (χ0) is 29.2. The standard InChI is InChI=1S/C30H36N6O4S/c1-5-36(6-2)19-20-40-25-17-15-23(16-18-25)32-30-31-21-26(22-11-13-24(14-12-22)35-41(4,37)38)29(34-30)33-27-9-7-8-10-28(27)39-3/h7-18,21,35H,5-6,19-20H2,1-4H3,(H2,31,32,33,34). The van der Waals surface area contributed by atoms with E-state index in [4.69, 9.17) is 14.5 Å². The Labute approximate surface area is 241 Å². The van der Waals surface area contributed by atoms with Crippen LogP contribution in [0.4, 0.5) is 28.8 Å². The number of nitrogens with one attached hydrogen (secondary N) is 3. The molecule has 0 radical (unpaired) electrons. The van der Waals surface area contributed by atoms with Gasteiger partial charge in [-0.25, -0.2) is 13.4 Å². The van der Waals surface area contributed by atoms with Crippen LogP contribution in [-0.4, -0.2) is 62.9 Å². The number of hydrogen-bond acceptors (Lipinski definition) is 9. The van der Waals surface area contributed by atoms with Crippen LogP contribution in [0, 0.1) is 0 Å². The normalized spacial score (nSPS) is 11.2. The highest BCUT2D eigenvalue weighted by atomic mass is 32.2. The number of hydrogen-bond donors (Lipinski definition) is 3. The molecule has 0 amide bonds. The Bertz CT molecular complexity index is 1530. The summed E-state index contributed by atoms with van der Waals surface area (Å²) >= 11 is 0. The second kappa shape index (κ2) is 13.8. The fraction of sp³-hybridized carbons (Fsp3) is 0.267. The number of benzene rings is 3. The van der Waals surface area contributed by atoms with E-state index in [0.29, 0.717) is 29.8 Å². The number of methoxy groups -OCH3 is 1. The summed E-state index contributed by atoms with van der Waals surface area (Å²) in [6, 6.07) is 22.2. The largest absolute Gasteiger partial charge is 0.495 e. The van der Waals surface area contributed by atoms with Gasteiger partial charge in [0.1, 0.15) is 23.9 Å². The van der Waals surface area contributed by atoms with Crippen LogP contribution in [0.5, 0.6) is 11.5 Å². The molecule has 3 aromatic carbocycles. The number of rotatable bonds is 14. The maximum atomic E-state index is 11.6.